The van der Waals surface area contributed by atoms with Gasteiger partial charge in [-0.15, -0.1) is 0 Å². The molecule has 0 saturated carbocycles. The van der Waals surface area contributed by atoms with Gasteiger partial charge in [-0.25, -0.2) is 0 Å². The monoisotopic (exact) mass is 256 g/mol. The van der Waals surface area contributed by atoms with E-state index in [9.17, 15) is 4.79 Å². The van der Waals surface area contributed by atoms with Gasteiger partial charge in [0.25, 0.3) is 0 Å². The average Bonchev–Trinajstić information content (AvgIpc) is 2.37. The third kappa shape index (κ3) is 3.65. The standard InChI is InChI=1S/C16H20N2O/c1-16(2)8-3-9-18(12-16)11-15(19)14-6-4-13(10-17)5-7-14/h4-7H,3,8-9,11-12H2,1-2H3. The average molecular weight is 256 g/mol. The number of benzene rings is 1. The third-order valence-corrected chi connectivity index (χ3v) is 3.68. The normalized spacial score (nSPS) is 18.8. The number of nitriles is 1. The van der Waals surface area contributed by atoms with Crippen LogP contribution in [0.5, 0.6) is 0 Å². The molecule has 1 aliphatic heterocycles. The fraction of sp³-hybridized carbons (Fsp3) is 0.500. The highest BCUT2D eigenvalue weighted by atomic mass is 16.1. The van der Waals surface area contributed by atoms with E-state index in [1.54, 1.807) is 24.3 Å². The summed E-state index contributed by atoms with van der Waals surface area (Å²) in [5, 5.41) is 8.74. The van der Waals surface area contributed by atoms with Crippen LogP contribution in [0, 0.1) is 16.7 Å². The van der Waals surface area contributed by atoms with Crippen LogP contribution >= 0.6 is 0 Å². The summed E-state index contributed by atoms with van der Waals surface area (Å²) < 4.78 is 0. The molecule has 1 fully saturated rings. The highest BCUT2D eigenvalue weighted by molar-refractivity contribution is 5.97. The molecule has 0 bridgehead atoms. The number of rotatable bonds is 3. The molecule has 0 N–H and O–H groups in total. The van der Waals surface area contributed by atoms with Crippen LogP contribution in [-0.2, 0) is 0 Å². The highest BCUT2D eigenvalue weighted by Gasteiger charge is 2.27. The highest BCUT2D eigenvalue weighted by Crippen LogP contribution is 2.28. The second-order valence-corrected chi connectivity index (χ2v) is 6.09. The largest absolute Gasteiger partial charge is 0.295 e. The van der Waals surface area contributed by atoms with E-state index in [2.05, 4.69) is 24.8 Å². The Labute approximate surface area is 114 Å². The SMILES string of the molecule is CC1(C)CCCN(CC(=O)c2ccc(C#N)cc2)C1. The Morgan fingerprint density at radius 3 is 2.63 bits per heavy atom. The van der Waals surface area contributed by atoms with Crippen molar-refractivity contribution >= 4 is 5.78 Å². The molecule has 0 spiro atoms. The maximum Gasteiger partial charge on any atom is 0.176 e. The topological polar surface area (TPSA) is 44.1 Å². The lowest BCUT2D eigenvalue weighted by Gasteiger charge is -2.37. The molecule has 0 aromatic heterocycles. The Bertz CT molecular complexity index is 496. The van der Waals surface area contributed by atoms with Gasteiger partial charge in [0.05, 0.1) is 18.2 Å². The summed E-state index contributed by atoms with van der Waals surface area (Å²) in [5.41, 5.74) is 1.60. The van der Waals surface area contributed by atoms with Crippen molar-refractivity contribution < 1.29 is 4.79 Å². The number of piperidine rings is 1. The molecule has 0 atom stereocenters. The first-order valence-electron chi connectivity index (χ1n) is 6.76. The van der Waals surface area contributed by atoms with E-state index in [0.717, 1.165) is 19.5 Å². The first kappa shape index (κ1) is 13.8. The zero-order valence-electron chi connectivity index (χ0n) is 11.6. The lowest BCUT2D eigenvalue weighted by atomic mass is 9.84. The Kier molecular flexibility index (Phi) is 4.01. The van der Waals surface area contributed by atoms with Gasteiger partial charge in [-0.3, -0.25) is 9.69 Å². The van der Waals surface area contributed by atoms with Crippen molar-refractivity contribution in [1.82, 2.24) is 4.90 Å². The second kappa shape index (κ2) is 5.54. The number of likely N-dealkylation sites (tertiary alicyclic amines) is 1. The van der Waals surface area contributed by atoms with Crippen molar-refractivity contribution in [3.63, 3.8) is 0 Å². The number of hydrogen-bond acceptors (Lipinski definition) is 3. The molecule has 1 aromatic rings. The predicted octanol–water partition coefficient (Wildman–Crippen LogP) is 2.86. The van der Waals surface area contributed by atoms with E-state index in [1.807, 2.05) is 0 Å². The van der Waals surface area contributed by atoms with Gasteiger partial charge in [0.15, 0.2) is 5.78 Å². The van der Waals surface area contributed by atoms with Crippen molar-refractivity contribution in [1.29, 1.82) is 5.26 Å². The molecular weight excluding hydrogens is 236 g/mol. The molecule has 1 saturated heterocycles. The zero-order chi connectivity index (χ0) is 13.9. The molecule has 0 unspecified atom stereocenters. The van der Waals surface area contributed by atoms with Gasteiger partial charge in [0.2, 0.25) is 0 Å². The van der Waals surface area contributed by atoms with E-state index in [1.165, 1.54) is 6.42 Å². The second-order valence-electron chi connectivity index (χ2n) is 6.09. The first-order chi connectivity index (χ1) is 9.00. The number of carbonyl (C=O) groups is 1. The number of Topliss-reactive ketones (excluding diaryl/α,β-unsaturated/α-hetero) is 1. The zero-order valence-corrected chi connectivity index (χ0v) is 11.6. The fourth-order valence-corrected chi connectivity index (χ4v) is 2.70. The van der Waals surface area contributed by atoms with Crippen molar-refractivity contribution in [3.8, 4) is 6.07 Å². The molecule has 1 aromatic carbocycles. The molecule has 19 heavy (non-hydrogen) atoms. The van der Waals surface area contributed by atoms with Gasteiger partial charge in [0.1, 0.15) is 0 Å². The minimum atomic E-state index is 0.141. The number of hydrogen-bond donors (Lipinski definition) is 0. The van der Waals surface area contributed by atoms with Crippen molar-refractivity contribution in [2.45, 2.75) is 26.7 Å². The number of carbonyl (C=O) groups excluding carboxylic acids is 1. The van der Waals surface area contributed by atoms with Gasteiger partial charge in [-0.2, -0.15) is 5.26 Å². The van der Waals surface area contributed by atoms with E-state index >= 15 is 0 Å². The van der Waals surface area contributed by atoms with Gasteiger partial charge < -0.3 is 0 Å². The van der Waals surface area contributed by atoms with Gasteiger partial charge in [-0.1, -0.05) is 26.0 Å². The summed E-state index contributed by atoms with van der Waals surface area (Å²) in [5.74, 6) is 0.141. The van der Waals surface area contributed by atoms with Crippen LogP contribution in [0.15, 0.2) is 24.3 Å². The number of ketones is 1. The molecule has 3 nitrogen and oxygen atoms in total. The Morgan fingerprint density at radius 1 is 1.37 bits per heavy atom. The Balaban J connectivity index is 1.98. The fourth-order valence-electron chi connectivity index (χ4n) is 2.70. The van der Waals surface area contributed by atoms with E-state index in [-0.39, 0.29) is 5.78 Å². The van der Waals surface area contributed by atoms with Crippen molar-refractivity contribution in [2.75, 3.05) is 19.6 Å². The maximum absolute atomic E-state index is 12.2. The third-order valence-electron chi connectivity index (χ3n) is 3.68. The minimum absolute atomic E-state index is 0.141. The van der Waals surface area contributed by atoms with Gasteiger partial charge in [0, 0.05) is 12.1 Å². The molecular formula is C16H20N2O. The van der Waals surface area contributed by atoms with E-state index in [4.69, 9.17) is 5.26 Å². The van der Waals surface area contributed by atoms with Crippen molar-refractivity contribution in [2.24, 2.45) is 5.41 Å². The molecule has 100 valence electrons. The van der Waals surface area contributed by atoms with Gasteiger partial charge in [-0.05, 0) is 36.9 Å². The number of nitrogens with zero attached hydrogens (tertiary/aromatic N) is 2. The van der Waals surface area contributed by atoms with Crippen LogP contribution in [0.1, 0.15) is 42.6 Å². The van der Waals surface area contributed by atoms with Crippen LogP contribution in [0.2, 0.25) is 0 Å². The molecule has 0 radical (unpaired) electrons. The molecule has 0 amide bonds. The Hall–Kier alpha value is -1.66. The summed E-state index contributed by atoms with van der Waals surface area (Å²) in [6, 6.07) is 8.96. The summed E-state index contributed by atoms with van der Waals surface area (Å²) in [6.07, 6.45) is 2.39. The van der Waals surface area contributed by atoms with Crippen LogP contribution in [0.3, 0.4) is 0 Å². The first-order valence-corrected chi connectivity index (χ1v) is 6.76. The maximum atomic E-state index is 12.2. The van der Waals surface area contributed by atoms with Crippen molar-refractivity contribution in [3.05, 3.63) is 35.4 Å². The summed E-state index contributed by atoms with van der Waals surface area (Å²) in [7, 11) is 0. The Morgan fingerprint density at radius 2 is 2.05 bits per heavy atom. The van der Waals surface area contributed by atoms with Gasteiger partial charge >= 0.3 is 0 Å². The molecule has 1 aliphatic rings. The quantitative estimate of drug-likeness (QED) is 0.781. The lowest BCUT2D eigenvalue weighted by molar-refractivity contribution is 0.0810. The van der Waals surface area contributed by atoms with Crippen LogP contribution in [0.4, 0.5) is 0 Å². The predicted molar refractivity (Wildman–Crippen MR) is 74.9 cm³/mol. The summed E-state index contributed by atoms with van der Waals surface area (Å²) >= 11 is 0. The minimum Gasteiger partial charge on any atom is -0.295 e. The van der Waals surface area contributed by atoms with Crippen LogP contribution < -0.4 is 0 Å². The smallest absolute Gasteiger partial charge is 0.176 e. The van der Waals surface area contributed by atoms with Crippen LogP contribution in [0.25, 0.3) is 0 Å². The van der Waals surface area contributed by atoms with E-state index < -0.39 is 0 Å². The molecule has 3 heteroatoms. The van der Waals surface area contributed by atoms with Crippen LogP contribution in [-0.4, -0.2) is 30.3 Å². The summed E-state index contributed by atoms with van der Waals surface area (Å²) in [6.45, 7) is 6.98. The lowest BCUT2D eigenvalue weighted by Crippen LogP contribution is -2.42. The van der Waals surface area contributed by atoms with E-state index in [0.29, 0.717) is 23.1 Å². The molecule has 0 aliphatic carbocycles. The summed E-state index contributed by atoms with van der Waals surface area (Å²) in [4.78, 5) is 14.4. The molecule has 2 rings (SSSR count). The molecule has 1 heterocycles.